The fourth-order valence-electron chi connectivity index (χ4n) is 3.97. The van der Waals surface area contributed by atoms with Crippen LogP contribution in [0.1, 0.15) is 17.5 Å². The molecule has 3 aliphatic heterocycles. The van der Waals surface area contributed by atoms with E-state index in [0.717, 1.165) is 25.6 Å². The Morgan fingerprint density at radius 2 is 2.18 bits per heavy atom. The zero-order valence-electron chi connectivity index (χ0n) is 13.2. The second-order valence-corrected chi connectivity index (χ2v) is 6.59. The number of rotatable bonds is 3. The Hall–Kier alpha value is -1.81. The number of aryl methyl sites for hydroxylation is 1. The molecule has 0 aromatic heterocycles. The molecule has 0 unspecified atom stereocenters. The van der Waals surface area contributed by atoms with Crippen LogP contribution in [-0.2, 0) is 6.54 Å². The first kappa shape index (κ1) is 13.8. The SMILES string of the molecule is Cc1ccccc1CN1CC=NC=C1N1CC[C@@H]2CNC[C@@H]21. The molecule has 0 bridgehead atoms. The predicted molar refractivity (Wildman–Crippen MR) is 89.6 cm³/mol. The summed E-state index contributed by atoms with van der Waals surface area (Å²) in [4.78, 5) is 9.49. The van der Waals surface area contributed by atoms with Gasteiger partial charge < -0.3 is 15.1 Å². The number of aliphatic imine (C=N–C) groups is 1. The van der Waals surface area contributed by atoms with Crippen molar-refractivity contribution in [3.63, 3.8) is 0 Å². The Labute approximate surface area is 132 Å². The van der Waals surface area contributed by atoms with Crippen LogP contribution in [0.15, 0.2) is 41.3 Å². The molecule has 4 heteroatoms. The van der Waals surface area contributed by atoms with Gasteiger partial charge in [0.25, 0.3) is 0 Å². The van der Waals surface area contributed by atoms with E-state index >= 15 is 0 Å². The molecule has 3 aliphatic rings. The van der Waals surface area contributed by atoms with Gasteiger partial charge in [0.1, 0.15) is 5.82 Å². The number of hydrogen-bond donors (Lipinski definition) is 1. The number of fused-ring (bicyclic) bond motifs is 1. The molecule has 2 atom stereocenters. The maximum Gasteiger partial charge on any atom is 0.124 e. The normalized spacial score (nSPS) is 27.2. The van der Waals surface area contributed by atoms with E-state index in [0.29, 0.717) is 6.04 Å². The van der Waals surface area contributed by atoms with Gasteiger partial charge in [-0.25, -0.2) is 0 Å². The molecular formula is C18H24N4. The monoisotopic (exact) mass is 296 g/mol. The lowest BCUT2D eigenvalue weighted by Gasteiger charge is -2.37. The van der Waals surface area contributed by atoms with Gasteiger partial charge in [-0.05, 0) is 30.4 Å². The van der Waals surface area contributed by atoms with Crippen molar-refractivity contribution in [3.05, 3.63) is 47.4 Å². The van der Waals surface area contributed by atoms with Crippen LogP contribution in [0.2, 0.25) is 0 Å². The van der Waals surface area contributed by atoms with Crippen LogP contribution >= 0.6 is 0 Å². The van der Waals surface area contributed by atoms with E-state index in [1.54, 1.807) is 0 Å². The maximum atomic E-state index is 4.44. The molecule has 4 nitrogen and oxygen atoms in total. The van der Waals surface area contributed by atoms with Gasteiger partial charge in [0.15, 0.2) is 0 Å². The van der Waals surface area contributed by atoms with Gasteiger partial charge in [-0.2, -0.15) is 0 Å². The van der Waals surface area contributed by atoms with E-state index in [9.17, 15) is 0 Å². The van der Waals surface area contributed by atoms with Crippen LogP contribution in [0.25, 0.3) is 0 Å². The molecular weight excluding hydrogens is 272 g/mol. The molecule has 1 N–H and O–H groups in total. The van der Waals surface area contributed by atoms with Crippen molar-refractivity contribution in [3.8, 4) is 0 Å². The fraction of sp³-hybridized carbons (Fsp3) is 0.500. The molecule has 0 radical (unpaired) electrons. The van der Waals surface area contributed by atoms with Crippen LogP contribution in [0.3, 0.4) is 0 Å². The van der Waals surface area contributed by atoms with E-state index < -0.39 is 0 Å². The van der Waals surface area contributed by atoms with Crippen molar-refractivity contribution in [1.29, 1.82) is 0 Å². The van der Waals surface area contributed by atoms with Gasteiger partial charge in [-0.1, -0.05) is 24.3 Å². The second kappa shape index (κ2) is 5.76. The minimum absolute atomic E-state index is 0.652. The van der Waals surface area contributed by atoms with Crippen LogP contribution in [-0.4, -0.2) is 48.2 Å². The molecule has 116 valence electrons. The quantitative estimate of drug-likeness (QED) is 0.925. The van der Waals surface area contributed by atoms with Crippen molar-refractivity contribution >= 4 is 6.21 Å². The van der Waals surface area contributed by atoms with Crippen molar-refractivity contribution < 1.29 is 0 Å². The first-order valence-corrected chi connectivity index (χ1v) is 8.31. The number of benzene rings is 1. The lowest BCUT2D eigenvalue weighted by molar-refractivity contribution is 0.204. The molecule has 1 aromatic rings. The number of nitrogens with zero attached hydrogens (tertiary/aromatic N) is 3. The molecule has 3 heterocycles. The topological polar surface area (TPSA) is 30.9 Å². The molecule has 22 heavy (non-hydrogen) atoms. The molecule has 2 fully saturated rings. The third kappa shape index (κ3) is 2.41. The molecule has 4 rings (SSSR count). The fourth-order valence-corrected chi connectivity index (χ4v) is 3.97. The molecule has 0 aliphatic carbocycles. The lowest BCUT2D eigenvalue weighted by atomic mass is 10.1. The van der Waals surface area contributed by atoms with Gasteiger partial charge in [-0.3, -0.25) is 4.99 Å². The average Bonchev–Trinajstić information content (AvgIpc) is 3.13. The Balaban J connectivity index is 1.56. The summed E-state index contributed by atoms with van der Waals surface area (Å²) in [6, 6.07) is 9.34. The Bertz CT molecular complexity index is 607. The summed E-state index contributed by atoms with van der Waals surface area (Å²) in [7, 11) is 0. The molecule has 2 saturated heterocycles. The van der Waals surface area contributed by atoms with Gasteiger partial charge in [0.05, 0.1) is 12.7 Å². The third-order valence-corrected chi connectivity index (χ3v) is 5.28. The number of hydrogen-bond acceptors (Lipinski definition) is 4. The van der Waals surface area contributed by atoms with Gasteiger partial charge >= 0.3 is 0 Å². The van der Waals surface area contributed by atoms with Crippen LogP contribution < -0.4 is 5.32 Å². The molecule has 0 saturated carbocycles. The third-order valence-electron chi connectivity index (χ3n) is 5.28. The standard InChI is InChI=1S/C18H24N4/c1-14-4-2-3-5-16(14)13-21-9-7-19-12-18(21)22-8-6-15-10-20-11-17(15)22/h2-5,7,12,15,17,20H,6,8-11,13H2,1H3/t15-,17+/m1/s1. The lowest BCUT2D eigenvalue weighted by Crippen LogP contribution is -2.42. The smallest absolute Gasteiger partial charge is 0.124 e. The van der Waals surface area contributed by atoms with E-state index in [2.05, 4.69) is 57.5 Å². The van der Waals surface area contributed by atoms with Crippen molar-refractivity contribution in [2.24, 2.45) is 10.9 Å². The highest BCUT2D eigenvalue weighted by atomic mass is 15.4. The van der Waals surface area contributed by atoms with Crippen LogP contribution in [0, 0.1) is 12.8 Å². The summed E-state index contributed by atoms with van der Waals surface area (Å²) in [6.45, 7) is 7.53. The predicted octanol–water partition coefficient (Wildman–Crippen LogP) is 1.97. The summed E-state index contributed by atoms with van der Waals surface area (Å²) in [5.41, 5.74) is 2.77. The Morgan fingerprint density at radius 1 is 1.27 bits per heavy atom. The van der Waals surface area contributed by atoms with Gasteiger partial charge in [0, 0.05) is 38.4 Å². The molecule has 0 spiro atoms. The summed E-state index contributed by atoms with van der Waals surface area (Å²) in [5, 5.41) is 3.54. The van der Waals surface area contributed by atoms with Crippen molar-refractivity contribution in [2.45, 2.75) is 25.9 Å². The highest BCUT2D eigenvalue weighted by molar-refractivity contribution is 5.62. The summed E-state index contributed by atoms with van der Waals surface area (Å²) in [5.74, 6) is 2.12. The van der Waals surface area contributed by atoms with E-state index in [-0.39, 0.29) is 0 Å². The zero-order chi connectivity index (χ0) is 14.9. The van der Waals surface area contributed by atoms with Crippen LogP contribution in [0.5, 0.6) is 0 Å². The number of likely N-dealkylation sites (tertiary alicyclic amines) is 1. The molecule has 1 aromatic carbocycles. The van der Waals surface area contributed by atoms with E-state index in [1.807, 2.05) is 6.21 Å². The van der Waals surface area contributed by atoms with E-state index in [1.165, 1.54) is 36.5 Å². The second-order valence-electron chi connectivity index (χ2n) is 6.59. The van der Waals surface area contributed by atoms with Crippen LogP contribution in [0.4, 0.5) is 0 Å². The minimum atomic E-state index is 0.652. The van der Waals surface area contributed by atoms with E-state index in [4.69, 9.17) is 0 Å². The highest BCUT2D eigenvalue weighted by Gasteiger charge is 2.39. The van der Waals surface area contributed by atoms with Crippen molar-refractivity contribution in [1.82, 2.24) is 15.1 Å². The summed E-state index contributed by atoms with van der Waals surface area (Å²) in [6.07, 6.45) is 5.38. The number of nitrogens with one attached hydrogen (secondary N) is 1. The van der Waals surface area contributed by atoms with Gasteiger partial charge in [-0.15, -0.1) is 0 Å². The summed E-state index contributed by atoms with van der Waals surface area (Å²) < 4.78 is 0. The highest BCUT2D eigenvalue weighted by Crippen LogP contribution is 2.32. The first-order chi connectivity index (χ1) is 10.8. The van der Waals surface area contributed by atoms with Gasteiger partial charge in [0.2, 0.25) is 0 Å². The maximum absolute atomic E-state index is 4.44. The largest absolute Gasteiger partial charge is 0.352 e. The average molecular weight is 296 g/mol. The minimum Gasteiger partial charge on any atom is -0.352 e. The first-order valence-electron chi connectivity index (χ1n) is 8.31. The molecule has 0 amide bonds. The summed E-state index contributed by atoms with van der Waals surface area (Å²) >= 11 is 0. The zero-order valence-corrected chi connectivity index (χ0v) is 13.2. The Morgan fingerprint density at radius 3 is 3.09 bits per heavy atom. The Kier molecular flexibility index (Phi) is 3.62. The van der Waals surface area contributed by atoms with Crippen molar-refractivity contribution in [2.75, 3.05) is 26.2 Å².